The van der Waals surface area contributed by atoms with Crippen LogP contribution in [0, 0.1) is 0 Å². The molecule has 0 aliphatic carbocycles. The van der Waals surface area contributed by atoms with E-state index in [1.807, 2.05) is 0 Å². The van der Waals surface area contributed by atoms with Gasteiger partial charge in [-0.05, 0) is 24.4 Å². The highest BCUT2D eigenvalue weighted by Gasteiger charge is 2.16. The Morgan fingerprint density at radius 3 is 2.84 bits per heavy atom. The summed E-state index contributed by atoms with van der Waals surface area (Å²) in [5.41, 5.74) is 1.24. The van der Waals surface area contributed by atoms with E-state index in [2.05, 4.69) is 46.6 Å². The number of fused-ring (bicyclic) bond motifs is 1. The maximum Gasteiger partial charge on any atom is 0.142 e. The van der Waals surface area contributed by atoms with Crippen molar-refractivity contribution in [1.29, 1.82) is 0 Å². The fraction of sp³-hybridized carbons (Fsp3) is 0.375. The third-order valence-corrected chi connectivity index (χ3v) is 3.74. The first-order valence-corrected chi connectivity index (χ1v) is 6.91. The quantitative estimate of drug-likeness (QED) is 0.894. The molecule has 100 valence electrons. The second-order valence-electron chi connectivity index (χ2n) is 4.93. The lowest BCUT2D eigenvalue weighted by atomic mass is 10.1. The fourth-order valence-corrected chi connectivity index (χ4v) is 2.80. The average Bonchev–Trinajstić information content (AvgIpc) is 2.75. The van der Waals surface area contributed by atoms with Gasteiger partial charge in [0.25, 0.3) is 0 Å². The Balaban J connectivity index is 2.12. The van der Waals surface area contributed by atoms with Crippen LogP contribution in [0.1, 0.15) is 6.42 Å². The molecule has 0 bridgehead atoms. The number of rotatable bonds is 2. The summed E-state index contributed by atoms with van der Waals surface area (Å²) in [6.45, 7) is 4.25. The molecule has 0 atom stereocenters. The van der Waals surface area contributed by atoms with Crippen molar-refractivity contribution in [3.63, 3.8) is 0 Å². The summed E-state index contributed by atoms with van der Waals surface area (Å²) in [7, 11) is 1.75. The van der Waals surface area contributed by atoms with Gasteiger partial charge in [0.1, 0.15) is 5.75 Å². The van der Waals surface area contributed by atoms with Crippen LogP contribution in [0.4, 0.5) is 5.69 Å². The lowest BCUT2D eigenvalue weighted by Gasteiger charge is -2.26. The molecule has 19 heavy (non-hydrogen) atoms. The van der Waals surface area contributed by atoms with Crippen molar-refractivity contribution >= 4 is 16.5 Å². The maximum atomic E-state index is 5.59. The molecule has 1 aliphatic heterocycles. The molecule has 0 radical (unpaired) electrons. The van der Waals surface area contributed by atoms with Crippen LogP contribution >= 0.6 is 0 Å². The molecule has 1 heterocycles. The summed E-state index contributed by atoms with van der Waals surface area (Å²) >= 11 is 0. The van der Waals surface area contributed by atoms with Gasteiger partial charge in [-0.3, -0.25) is 0 Å². The molecule has 0 amide bonds. The summed E-state index contributed by atoms with van der Waals surface area (Å²) in [4.78, 5) is 2.45. The molecule has 0 saturated carbocycles. The van der Waals surface area contributed by atoms with Gasteiger partial charge in [0.05, 0.1) is 12.8 Å². The third kappa shape index (κ3) is 2.38. The largest absolute Gasteiger partial charge is 0.495 e. The first-order chi connectivity index (χ1) is 9.40. The first-order valence-electron chi connectivity index (χ1n) is 6.91. The fourth-order valence-electron chi connectivity index (χ4n) is 2.80. The zero-order chi connectivity index (χ0) is 13.1. The van der Waals surface area contributed by atoms with E-state index in [0.29, 0.717) is 0 Å². The molecule has 1 N–H and O–H groups in total. The summed E-state index contributed by atoms with van der Waals surface area (Å²) in [6.07, 6.45) is 1.17. The second kappa shape index (κ2) is 5.49. The molecule has 3 nitrogen and oxygen atoms in total. The van der Waals surface area contributed by atoms with E-state index < -0.39 is 0 Å². The van der Waals surface area contributed by atoms with Gasteiger partial charge in [-0.1, -0.05) is 30.3 Å². The molecule has 1 aliphatic rings. The average molecular weight is 256 g/mol. The van der Waals surface area contributed by atoms with E-state index in [9.17, 15) is 0 Å². The number of ether oxygens (including phenoxy) is 1. The van der Waals surface area contributed by atoms with Gasteiger partial charge in [0, 0.05) is 25.0 Å². The highest BCUT2D eigenvalue weighted by atomic mass is 16.5. The highest BCUT2D eigenvalue weighted by Crippen LogP contribution is 2.36. The standard InChI is InChI=1S/C16H20N2O/c1-19-15-8-7-13-5-2-3-6-14(13)16(15)18-11-4-9-17-10-12-18/h2-3,5-8,17H,4,9-12H2,1H3. The number of nitrogens with zero attached hydrogens (tertiary/aromatic N) is 1. The Morgan fingerprint density at radius 2 is 1.95 bits per heavy atom. The molecule has 3 heteroatoms. The van der Waals surface area contributed by atoms with Crippen LogP contribution in [0.3, 0.4) is 0 Å². The number of benzene rings is 2. The van der Waals surface area contributed by atoms with Crippen LogP contribution in [-0.2, 0) is 0 Å². The molecular weight excluding hydrogens is 236 g/mol. The molecule has 0 unspecified atom stereocenters. The smallest absolute Gasteiger partial charge is 0.142 e. The van der Waals surface area contributed by atoms with Crippen LogP contribution in [0.5, 0.6) is 5.75 Å². The van der Waals surface area contributed by atoms with Crippen LogP contribution in [0.2, 0.25) is 0 Å². The lowest BCUT2D eigenvalue weighted by molar-refractivity contribution is 0.415. The number of methoxy groups -OCH3 is 1. The monoisotopic (exact) mass is 256 g/mol. The van der Waals surface area contributed by atoms with Crippen molar-refractivity contribution in [2.24, 2.45) is 0 Å². The highest BCUT2D eigenvalue weighted by molar-refractivity contribution is 5.97. The lowest BCUT2D eigenvalue weighted by Crippen LogP contribution is -2.28. The Labute approximate surface area is 114 Å². The zero-order valence-corrected chi connectivity index (χ0v) is 11.4. The van der Waals surface area contributed by atoms with Crippen molar-refractivity contribution < 1.29 is 4.74 Å². The van der Waals surface area contributed by atoms with Gasteiger partial charge in [0.15, 0.2) is 0 Å². The van der Waals surface area contributed by atoms with E-state index in [1.54, 1.807) is 7.11 Å². The maximum absolute atomic E-state index is 5.59. The number of nitrogens with one attached hydrogen (secondary N) is 1. The predicted octanol–water partition coefficient (Wildman–Crippen LogP) is 2.65. The molecule has 1 fully saturated rings. The molecule has 0 spiro atoms. The number of hydrogen-bond donors (Lipinski definition) is 1. The second-order valence-corrected chi connectivity index (χ2v) is 4.93. The van der Waals surface area contributed by atoms with Crippen LogP contribution < -0.4 is 15.0 Å². The number of anilines is 1. The first kappa shape index (κ1) is 12.3. The van der Waals surface area contributed by atoms with Gasteiger partial charge in [-0.2, -0.15) is 0 Å². The third-order valence-electron chi connectivity index (χ3n) is 3.74. The Morgan fingerprint density at radius 1 is 1.05 bits per heavy atom. The topological polar surface area (TPSA) is 24.5 Å². The molecule has 2 aromatic carbocycles. The molecular formula is C16H20N2O. The van der Waals surface area contributed by atoms with Crippen LogP contribution in [-0.4, -0.2) is 33.3 Å². The molecule has 0 aromatic heterocycles. The Kier molecular flexibility index (Phi) is 3.56. The summed E-state index contributed by atoms with van der Waals surface area (Å²) in [5, 5.41) is 6.00. The minimum atomic E-state index is 0.973. The van der Waals surface area contributed by atoms with Gasteiger partial charge in [-0.15, -0.1) is 0 Å². The zero-order valence-electron chi connectivity index (χ0n) is 11.4. The van der Waals surface area contributed by atoms with E-state index in [1.165, 1.54) is 22.9 Å². The Hall–Kier alpha value is -1.74. The van der Waals surface area contributed by atoms with Crippen molar-refractivity contribution in [2.45, 2.75) is 6.42 Å². The van der Waals surface area contributed by atoms with Crippen LogP contribution in [0.15, 0.2) is 36.4 Å². The molecule has 2 aromatic rings. The van der Waals surface area contributed by atoms with Crippen molar-refractivity contribution in [1.82, 2.24) is 5.32 Å². The normalized spacial score (nSPS) is 16.4. The van der Waals surface area contributed by atoms with E-state index in [0.717, 1.165) is 31.9 Å². The van der Waals surface area contributed by atoms with Gasteiger partial charge in [0.2, 0.25) is 0 Å². The molecule has 3 rings (SSSR count). The van der Waals surface area contributed by atoms with Gasteiger partial charge < -0.3 is 15.0 Å². The minimum Gasteiger partial charge on any atom is -0.495 e. The van der Waals surface area contributed by atoms with E-state index >= 15 is 0 Å². The van der Waals surface area contributed by atoms with Gasteiger partial charge in [-0.25, -0.2) is 0 Å². The van der Waals surface area contributed by atoms with Crippen molar-refractivity contribution in [3.8, 4) is 5.75 Å². The summed E-state index contributed by atoms with van der Waals surface area (Å²) in [6, 6.07) is 12.7. The van der Waals surface area contributed by atoms with Crippen LogP contribution in [0.25, 0.3) is 10.8 Å². The minimum absolute atomic E-state index is 0.973. The van der Waals surface area contributed by atoms with E-state index in [-0.39, 0.29) is 0 Å². The van der Waals surface area contributed by atoms with Crippen molar-refractivity contribution in [2.75, 3.05) is 38.2 Å². The number of hydrogen-bond acceptors (Lipinski definition) is 3. The summed E-state index contributed by atoms with van der Waals surface area (Å²) in [5.74, 6) is 0.973. The van der Waals surface area contributed by atoms with E-state index in [4.69, 9.17) is 4.74 Å². The molecule has 1 saturated heterocycles. The van der Waals surface area contributed by atoms with Gasteiger partial charge >= 0.3 is 0 Å². The predicted molar refractivity (Wildman–Crippen MR) is 80.2 cm³/mol. The van der Waals surface area contributed by atoms with Crippen molar-refractivity contribution in [3.05, 3.63) is 36.4 Å². The SMILES string of the molecule is COc1ccc2ccccc2c1N1CCCNCC1. The Bertz CT molecular complexity index is 560. The summed E-state index contributed by atoms with van der Waals surface area (Å²) < 4.78 is 5.59.